The number of anilines is 1. The first kappa shape index (κ1) is 27.2. The van der Waals surface area contributed by atoms with Crippen LogP contribution < -0.4 is 14.8 Å². The van der Waals surface area contributed by atoms with Gasteiger partial charge >= 0.3 is 6.18 Å². The van der Waals surface area contributed by atoms with Gasteiger partial charge in [-0.15, -0.1) is 10.2 Å². The van der Waals surface area contributed by atoms with E-state index in [9.17, 15) is 26.4 Å². The average Bonchev–Trinajstić information content (AvgIpc) is 2.78. The van der Waals surface area contributed by atoms with Crippen LogP contribution >= 0.6 is 0 Å². The van der Waals surface area contributed by atoms with Gasteiger partial charge in [-0.25, -0.2) is 17.8 Å². The maximum Gasteiger partial charge on any atom is 0.435 e. The Bertz CT molecular complexity index is 1510. The SMILES string of the molecule is COc1c(Oc2nnc(C(F)(F)F)c(C)c2C(=O)Nc2cccc(S(C)(=O)=O)c2)ncc(C2CCC2)c1F. The largest absolute Gasteiger partial charge is 0.489 e. The molecule has 0 unspecified atom stereocenters. The van der Waals surface area contributed by atoms with E-state index in [0.717, 1.165) is 38.5 Å². The molecule has 14 heteroatoms. The van der Waals surface area contributed by atoms with E-state index in [4.69, 9.17) is 9.47 Å². The molecule has 9 nitrogen and oxygen atoms in total. The second kappa shape index (κ2) is 10.2. The highest BCUT2D eigenvalue weighted by Gasteiger charge is 2.38. The topological polar surface area (TPSA) is 120 Å². The number of amides is 1. The number of carbonyl (C=O) groups excluding carboxylic acids is 1. The van der Waals surface area contributed by atoms with Crippen LogP contribution in [0, 0.1) is 12.7 Å². The Balaban J connectivity index is 1.77. The summed E-state index contributed by atoms with van der Waals surface area (Å²) in [5.41, 5.74) is -2.42. The number of pyridine rings is 1. The van der Waals surface area contributed by atoms with Crippen molar-refractivity contribution in [2.24, 2.45) is 0 Å². The maximum absolute atomic E-state index is 15.1. The molecule has 1 aliphatic carbocycles. The molecule has 0 radical (unpaired) electrons. The van der Waals surface area contributed by atoms with Gasteiger partial charge in [0.25, 0.3) is 17.7 Å². The number of sulfone groups is 1. The fourth-order valence-corrected chi connectivity index (χ4v) is 4.59. The summed E-state index contributed by atoms with van der Waals surface area (Å²) in [6.45, 7) is 0.997. The van der Waals surface area contributed by atoms with Gasteiger partial charge in [0.2, 0.25) is 5.75 Å². The lowest BCUT2D eigenvalue weighted by Gasteiger charge is -2.26. The van der Waals surface area contributed by atoms with E-state index in [0.29, 0.717) is 5.56 Å². The van der Waals surface area contributed by atoms with E-state index in [2.05, 4.69) is 20.5 Å². The Morgan fingerprint density at radius 3 is 2.45 bits per heavy atom. The molecule has 0 saturated heterocycles. The highest BCUT2D eigenvalue weighted by atomic mass is 32.2. The number of ether oxygens (including phenoxy) is 2. The predicted molar refractivity (Wildman–Crippen MR) is 127 cm³/mol. The number of hydrogen-bond donors (Lipinski definition) is 1. The van der Waals surface area contributed by atoms with Crippen LogP contribution in [0.5, 0.6) is 17.5 Å². The monoisotopic (exact) mass is 554 g/mol. The van der Waals surface area contributed by atoms with Gasteiger partial charge in [0.15, 0.2) is 21.3 Å². The summed E-state index contributed by atoms with van der Waals surface area (Å²) in [6.07, 6.45) is -0.253. The van der Waals surface area contributed by atoms with Crippen LogP contribution in [0.3, 0.4) is 0 Å². The Hall–Kier alpha value is -3.81. The molecule has 1 N–H and O–H groups in total. The number of carbonyl (C=O) groups is 1. The van der Waals surface area contributed by atoms with Crippen LogP contribution in [0.15, 0.2) is 35.4 Å². The summed E-state index contributed by atoms with van der Waals surface area (Å²) in [5.74, 6) is -3.43. The molecule has 0 aliphatic heterocycles. The molecule has 202 valence electrons. The lowest BCUT2D eigenvalue weighted by atomic mass is 9.80. The molecule has 1 amide bonds. The highest BCUT2D eigenvalue weighted by molar-refractivity contribution is 7.90. The number of nitrogens with one attached hydrogen (secondary N) is 1. The van der Waals surface area contributed by atoms with Crippen LogP contribution in [0.4, 0.5) is 23.2 Å². The van der Waals surface area contributed by atoms with Crippen molar-refractivity contribution in [1.82, 2.24) is 15.2 Å². The van der Waals surface area contributed by atoms with Gasteiger partial charge in [0.05, 0.1) is 12.0 Å². The fourth-order valence-electron chi connectivity index (χ4n) is 3.92. The minimum absolute atomic E-state index is 0.0137. The van der Waals surface area contributed by atoms with Gasteiger partial charge in [-0.05, 0) is 49.4 Å². The van der Waals surface area contributed by atoms with Gasteiger partial charge in [0, 0.05) is 23.7 Å². The number of halogens is 4. The molecule has 1 fully saturated rings. The molecule has 1 aromatic carbocycles. The third-order valence-corrected chi connectivity index (χ3v) is 7.22. The van der Waals surface area contributed by atoms with E-state index in [-0.39, 0.29) is 16.5 Å². The Morgan fingerprint density at radius 2 is 1.87 bits per heavy atom. The van der Waals surface area contributed by atoms with E-state index >= 15 is 4.39 Å². The van der Waals surface area contributed by atoms with E-state index in [1.807, 2.05) is 0 Å². The zero-order valence-electron chi connectivity index (χ0n) is 20.4. The molecule has 1 aliphatic rings. The molecule has 2 heterocycles. The van der Waals surface area contributed by atoms with Crippen molar-refractivity contribution in [2.75, 3.05) is 18.7 Å². The first-order valence-corrected chi connectivity index (χ1v) is 13.2. The van der Waals surface area contributed by atoms with Crippen LogP contribution in [0.1, 0.15) is 52.4 Å². The summed E-state index contributed by atoms with van der Waals surface area (Å²) in [4.78, 5) is 17.1. The molecular weight excluding hydrogens is 532 g/mol. The molecule has 2 aromatic heterocycles. The second-order valence-corrected chi connectivity index (χ2v) is 10.7. The zero-order valence-corrected chi connectivity index (χ0v) is 21.2. The molecule has 0 spiro atoms. The van der Waals surface area contributed by atoms with Gasteiger partial charge in [-0.2, -0.15) is 13.2 Å². The van der Waals surface area contributed by atoms with Gasteiger partial charge in [-0.1, -0.05) is 12.5 Å². The molecule has 3 aromatic rings. The van der Waals surface area contributed by atoms with Crippen LogP contribution in [-0.4, -0.2) is 42.9 Å². The summed E-state index contributed by atoms with van der Waals surface area (Å²) in [7, 11) is -2.46. The summed E-state index contributed by atoms with van der Waals surface area (Å²) in [5, 5.41) is 8.96. The molecule has 0 bridgehead atoms. The minimum atomic E-state index is -4.95. The normalized spacial score (nSPS) is 14.1. The van der Waals surface area contributed by atoms with E-state index < -0.39 is 62.1 Å². The Labute approximate surface area is 215 Å². The third-order valence-electron chi connectivity index (χ3n) is 6.11. The number of hydrogen-bond acceptors (Lipinski definition) is 8. The quantitative estimate of drug-likeness (QED) is 0.403. The fraction of sp³-hybridized carbons (Fsp3) is 0.333. The number of methoxy groups -OCH3 is 1. The smallest absolute Gasteiger partial charge is 0.435 e. The van der Waals surface area contributed by atoms with Crippen LogP contribution in [-0.2, 0) is 16.0 Å². The van der Waals surface area contributed by atoms with Crippen molar-refractivity contribution < 1.29 is 40.2 Å². The third kappa shape index (κ3) is 5.39. The number of alkyl halides is 3. The maximum atomic E-state index is 15.1. The molecule has 4 rings (SSSR count). The van der Waals surface area contributed by atoms with Crippen molar-refractivity contribution in [3.05, 3.63) is 58.7 Å². The first-order chi connectivity index (χ1) is 17.8. The van der Waals surface area contributed by atoms with Gasteiger partial charge in [0.1, 0.15) is 5.56 Å². The Morgan fingerprint density at radius 1 is 1.16 bits per heavy atom. The summed E-state index contributed by atoms with van der Waals surface area (Å²) in [6, 6.07) is 5.13. The first-order valence-electron chi connectivity index (χ1n) is 11.3. The average molecular weight is 555 g/mol. The van der Waals surface area contributed by atoms with Crippen LogP contribution in [0.2, 0.25) is 0 Å². The van der Waals surface area contributed by atoms with Crippen molar-refractivity contribution in [2.45, 2.75) is 43.2 Å². The Kier molecular flexibility index (Phi) is 7.28. The highest BCUT2D eigenvalue weighted by Crippen LogP contribution is 2.43. The van der Waals surface area contributed by atoms with E-state index in [1.54, 1.807) is 0 Å². The summed E-state index contributed by atoms with van der Waals surface area (Å²) < 4.78 is 90.2. The van der Waals surface area contributed by atoms with Crippen LogP contribution in [0.25, 0.3) is 0 Å². The number of rotatable bonds is 7. The van der Waals surface area contributed by atoms with Gasteiger partial charge < -0.3 is 14.8 Å². The van der Waals surface area contributed by atoms with Crippen molar-refractivity contribution in [1.29, 1.82) is 0 Å². The second-order valence-electron chi connectivity index (χ2n) is 8.70. The summed E-state index contributed by atoms with van der Waals surface area (Å²) >= 11 is 0. The standard InChI is InChI=1S/C24H22F4N4O5S/c1-12-17(21(33)30-14-8-5-9-15(10-14)38(3,34)35)22(32-31-20(12)24(26,27)28)37-23-19(36-2)18(25)16(11-29-23)13-6-4-7-13/h5,8-11,13H,4,6-7H2,1-3H3,(H,30,33). The number of aromatic nitrogens is 3. The lowest BCUT2D eigenvalue weighted by Crippen LogP contribution is -2.21. The molecule has 38 heavy (non-hydrogen) atoms. The van der Waals surface area contributed by atoms with Crippen molar-refractivity contribution in [3.63, 3.8) is 0 Å². The molecule has 1 saturated carbocycles. The lowest BCUT2D eigenvalue weighted by molar-refractivity contribution is -0.142. The van der Waals surface area contributed by atoms with Crippen molar-refractivity contribution >= 4 is 21.4 Å². The zero-order chi connectivity index (χ0) is 27.8. The van der Waals surface area contributed by atoms with Gasteiger partial charge in [-0.3, -0.25) is 4.79 Å². The van der Waals surface area contributed by atoms with E-state index in [1.165, 1.54) is 31.5 Å². The number of nitrogens with zero attached hydrogens (tertiary/aromatic N) is 3. The number of benzene rings is 1. The minimum Gasteiger partial charge on any atom is -0.489 e. The predicted octanol–water partition coefficient (Wildman–Crippen LogP) is 5.06. The molecule has 0 atom stereocenters. The molecular formula is C24H22F4N4O5S. The van der Waals surface area contributed by atoms with Crippen molar-refractivity contribution in [3.8, 4) is 17.5 Å².